The highest BCUT2D eigenvalue weighted by Crippen LogP contribution is 1.97. The van der Waals surface area contributed by atoms with Crippen molar-refractivity contribution in [1.29, 1.82) is 0 Å². The highest BCUT2D eigenvalue weighted by Gasteiger charge is 1.93. The van der Waals surface area contributed by atoms with Gasteiger partial charge in [-0.25, -0.2) is 4.57 Å². The molecule has 1 aromatic rings. The van der Waals surface area contributed by atoms with Gasteiger partial charge in [-0.3, -0.25) is 0 Å². The van der Waals surface area contributed by atoms with Crippen molar-refractivity contribution < 1.29 is 4.57 Å². The van der Waals surface area contributed by atoms with Crippen LogP contribution >= 0.6 is 12.6 Å². The summed E-state index contributed by atoms with van der Waals surface area (Å²) in [7, 11) is 0. The van der Waals surface area contributed by atoms with Crippen LogP contribution in [0.3, 0.4) is 0 Å². The quantitative estimate of drug-likeness (QED) is 0.442. The van der Waals surface area contributed by atoms with Crippen molar-refractivity contribution in [3.63, 3.8) is 0 Å². The number of rotatable bonds is 1. The van der Waals surface area contributed by atoms with Gasteiger partial charge in [0, 0.05) is 6.07 Å². The van der Waals surface area contributed by atoms with Crippen LogP contribution < -0.4 is 4.57 Å². The lowest BCUT2D eigenvalue weighted by Crippen LogP contribution is -2.30. The average Bonchev–Trinajstić information content (AvgIpc) is 1.88. The predicted molar refractivity (Wildman–Crippen MR) is 39.6 cm³/mol. The van der Waals surface area contributed by atoms with Gasteiger partial charge in [0.1, 0.15) is 6.54 Å². The molecule has 0 aliphatic heterocycles. The number of aromatic nitrogens is 1. The Kier molecular flexibility index (Phi) is 2.11. The first-order valence-corrected chi connectivity index (χ1v) is 3.45. The van der Waals surface area contributed by atoms with Crippen molar-refractivity contribution in [2.24, 2.45) is 0 Å². The van der Waals surface area contributed by atoms with Crippen LogP contribution in [0.1, 0.15) is 6.92 Å². The summed E-state index contributed by atoms with van der Waals surface area (Å²) in [6.45, 7) is 3.11. The maximum atomic E-state index is 4.19. The molecule has 1 aromatic heterocycles. The second kappa shape index (κ2) is 2.87. The van der Waals surface area contributed by atoms with Gasteiger partial charge in [-0.05, 0) is 13.0 Å². The van der Waals surface area contributed by atoms with E-state index in [4.69, 9.17) is 0 Å². The maximum Gasteiger partial charge on any atom is 0.182 e. The van der Waals surface area contributed by atoms with Gasteiger partial charge in [0.2, 0.25) is 0 Å². The Hall–Kier alpha value is -0.500. The number of pyridine rings is 1. The Morgan fingerprint density at radius 1 is 1.67 bits per heavy atom. The molecule has 0 aromatic carbocycles. The number of aryl methyl sites for hydroxylation is 1. The van der Waals surface area contributed by atoms with Gasteiger partial charge in [0.15, 0.2) is 12.4 Å². The molecule has 0 N–H and O–H groups in total. The lowest BCUT2D eigenvalue weighted by atomic mass is 10.5. The minimum absolute atomic E-state index is 1.01. The van der Waals surface area contributed by atoms with Gasteiger partial charge in [-0.15, -0.1) is 12.6 Å². The molecular formula is C7H10NS+. The Morgan fingerprint density at radius 2 is 2.44 bits per heavy atom. The molecule has 48 valence electrons. The SMILES string of the molecule is CC[n+]1cccc(S)c1. The van der Waals surface area contributed by atoms with Crippen LogP contribution in [0.25, 0.3) is 0 Å². The van der Waals surface area contributed by atoms with Crippen molar-refractivity contribution in [2.45, 2.75) is 18.4 Å². The van der Waals surface area contributed by atoms with Crippen molar-refractivity contribution in [3.8, 4) is 0 Å². The second-order valence-corrected chi connectivity index (χ2v) is 2.41. The predicted octanol–water partition coefficient (Wildman–Crippen LogP) is 1.28. The molecular weight excluding hydrogens is 130 g/mol. The third kappa shape index (κ3) is 1.72. The lowest BCUT2D eigenvalue weighted by Gasteiger charge is -1.89. The molecule has 0 saturated carbocycles. The van der Waals surface area contributed by atoms with Crippen LogP contribution in [-0.4, -0.2) is 0 Å². The van der Waals surface area contributed by atoms with E-state index < -0.39 is 0 Å². The number of hydrogen-bond acceptors (Lipinski definition) is 1. The fourth-order valence-electron chi connectivity index (χ4n) is 0.705. The fourth-order valence-corrected chi connectivity index (χ4v) is 0.939. The largest absolute Gasteiger partial charge is 0.204 e. The summed E-state index contributed by atoms with van der Waals surface area (Å²) in [6, 6.07) is 3.96. The molecule has 1 heterocycles. The topological polar surface area (TPSA) is 3.88 Å². The monoisotopic (exact) mass is 140 g/mol. The molecule has 0 saturated heterocycles. The van der Waals surface area contributed by atoms with Crippen LogP contribution in [0.4, 0.5) is 0 Å². The van der Waals surface area contributed by atoms with Gasteiger partial charge in [0.05, 0.1) is 4.90 Å². The number of hydrogen-bond donors (Lipinski definition) is 1. The smallest absolute Gasteiger partial charge is 0.182 e. The molecule has 9 heavy (non-hydrogen) atoms. The van der Waals surface area contributed by atoms with Crippen LogP contribution in [0.2, 0.25) is 0 Å². The van der Waals surface area contributed by atoms with Gasteiger partial charge in [0.25, 0.3) is 0 Å². The minimum atomic E-state index is 1.01. The molecule has 0 spiro atoms. The summed E-state index contributed by atoms with van der Waals surface area (Å²) >= 11 is 4.19. The van der Waals surface area contributed by atoms with E-state index in [1.807, 2.05) is 24.5 Å². The molecule has 0 amide bonds. The summed E-state index contributed by atoms with van der Waals surface area (Å²) in [6.07, 6.45) is 4.03. The summed E-state index contributed by atoms with van der Waals surface area (Å²) in [4.78, 5) is 1.01. The fraction of sp³-hybridized carbons (Fsp3) is 0.286. The van der Waals surface area contributed by atoms with Gasteiger partial charge < -0.3 is 0 Å². The maximum absolute atomic E-state index is 4.19. The molecule has 2 heteroatoms. The Morgan fingerprint density at radius 3 is 2.89 bits per heavy atom. The molecule has 1 nitrogen and oxygen atoms in total. The zero-order valence-electron chi connectivity index (χ0n) is 5.41. The minimum Gasteiger partial charge on any atom is -0.204 e. The van der Waals surface area contributed by atoms with Crippen LogP contribution in [0, 0.1) is 0 Å². The van der Waals surface area contributed by atoms with E-state index in [2.05, 4.69) is 24.1 Å². The lowest BCUT2D eigenvalue weighted by molar-refractivity contribution is -0.695. The summed E-state index contributed by atoms with van der Waals surface area (Å²) in [5.41, 5.74) is 0. The molecule has 0 atom stereocenters. The van der Waals surface area contributed by atoms with Gasteiger partial charge in [-0.1, -0.05) is 0 Å². The van der Waals surface area contributed by atoms with Crippen LogP contribution in [0.5, 0.6) is 0 Å². The number of nitrogens with zero attached hydrogens (tertiary/aromatic N) is 1. The van der Waals surface area contributed by atoms with Crippen molar-refractivity contribution >= 4 is 12.6 Å². The zero-order chi connectivity index (χ0) is 6.69. The normalized spacial score (nSPS) is 9.56. The van der Waals surface area contributed by atoms with E-state index in [1.165, 1.54) is 0 Å². The van der Waals surface area contributed by atoms with E-state index >= 15 is 0 Å². The molecule has 0 aliphatic carbocycles. The highest BCUT2D eigenvalue weighted by molar-refractivity contribution is 7.80. The Balaban J connectivity index is 2.94. The molecule has 0 unspecified atom stereocenters. The molecule has 1 rings (SSSR count). The highest BCUT2D eigenvalue weighted by atomic mass is 32.1. The first-order valence-electron chi connectivity index (χ1n) is 3.01. The average molecular weight is 140 g/mol. The van der Waals surface area contributed by atoms with Gasteiger partial charge >= 0.3 is 0 Å². The van der Waals surface area contributed by atoms with Gasteiger partial charge in [-0.2, -0.15) is 0 Å². The molecule has 0 fully saturated rings. The third-order valence-electron chi connectivity index (χ3n) is 1.21. The standard InChI is InChI=1S/C7H9NS/c1-2-8-5-3-4-7(9)6-8/h3-6H,2H2,1H3/p+1. The molecule has 0 radical (unpaired) electrons. The molecule has 0 bridgehead atoms. The summed E-state index contributed by atoms with van der Waals surface area (Å²) < 4.78 is 2.09. The van der Waals surface area contributed by atoms with E-state index in [1.54, 1.807) is 0 Å². The Bertz CT molecular complexity index is 198. The Labute approximate surface area is 60.7 Å². The second-order valence-electron chi connectivity index (χ2n) is 1.89. The van der Waals surface area contributed by atoms with E-state index in [-0.39, 0.29) is 0 Å². The van der Waals surface area contributed by atoms with Crippen LogP contribution in [-0.2, 0) is 6.54 Å². The summed E-state index contributed by atoms with van der Waals surface area (Å²) in [5.74, 6) is 0. The van der Waals surface area contributed by atoms with Crippen molar-refractivity contribution in [2.75, 3.05) is 0 Å². The summed E-state index contributed by atoms with van der Waals surface area (Å²) in [5, 5.41) is 0. The van der Waals surface area contributed by atoms with Crippen LogP contribution in [0.15, 0.2) is 29.4 Å². The molecule has 0 aliphatic rings. The first-order chi connectivity index (χ1) is 4.33. The van der Waals surface area contributed by atoms with E-state index in [0.717, 1.165) is 11.4 Å². The third-order valence-corrected chi connectivity index (χ3v) is 1.47. The van der Waals surface area contributed by atoms with E-state index in [0.29, 0.717) is 0 Å². The number of thiol groups is 1. The van der Waals surface area contributed by atoms with Crippen molar-refractivity contribution in [3.05, 3.63) is 24.5 Å². The zero-order valence-corrected chi connectivity index (χ0v) is 6.31. The van der Waals surface area contributed by atoms with E-state index in [9.17, 15) is 0 Å². The first kappa shape index (κ1) is 6.62. The van der Waals surface area contributed by atoms with Crippen molar-refractivity contribution in [1.82, 2.24) is 0 Å².